The van der Waals surface area contributed by atoms with Crippen LogP contribution in [0.2, 0.25) is 0 Å². The third kappa shape index (κ3) is 3.22. The topological polar surface area (TPSA) is 107 Å². The molecule has 1 fully saturated rings. The zero-order valence-electron chi connectivity index (χ0n) is 11.8. The molecule has 1 heterocycles. The minimum absolute atomic E-state index is 0.0914. The molecule has 2 atom stereocenters. The number of rotatable bonds is 5. The molecule has 0 aromatic heterocycles. The summed E-state index contributed by atoms with van der Waals surface area (Å²) >= 11 is 0. The van der Waals surface area contributed by atoms with Crippen LogP contribution in [0.15, 0.2) is 29.2 Å². The van der Waals surface area contributed by atoms with Crippen LogP contribution in [0.3, 0.4) is 0 Å². The van der Waals surface area contributed by atoms with Gasteiger partial charge in [0.05, 0.1) is 9.82 Å². The average Bonchev–Trinajstić information content (AvgIpc) is 2.81. The van der Waals surface area contributed by atoms with Crippen molar-refractivity contribution in [3.63, 3.8) is 0 Å². The lowest BCUT2D eigenvalue weighted by Crippen LogP contribution is -2.29. The largest absolute Gasteiger partial charge is 0.330 e. The van der Waals surface area contributed by atoms with E-state index in [4.69, 9.17) is 5.73 Å². The normalized spacial score (nSPS) is 23.3. The Morgan fingerprint density at radius 3 is 2.48 bits per heavy atom. The Kier molecular flexibility index (Phi) is 4.60. The van der Waals surface area contributed by atoms with Crippen molar-refractivity contribution in [2.24, 2.45) is 17.6 Å². The number of hydrogen-bond donors (Lipinski definition) is 1. The van der Waals surface area contributed by atoms with Crippen LogP contribution in [-0.4, -0.2) is 37.3 Å². The van der Waals surface area contributed by atoms with Gasteiger partial charge in [-0.1, -0.05) is 6.92 Å². The van der Waals surface area contributed by atoms with E-state index >= 15 is 0 Å². The van der Waals surface area contributed by atoms with Crippen LogP contribution in [0, 0.1) is 22.0 Å². The molecule has 2 N–H and O–H groups in total. The first-order valence-corrected chi connectivity index (χ1v) is 8.25. The summed E-state index contributed by atoms with van der Waals surface area (Å²) in [5, 5.41) is 10.6. The van der Waals surface area contributed by atoms with Crippen LogP contribution in [0.25, 0.3) is 0 Å². The monoisotopic (exact) mass is 313 g/mol. The number of nitro benzene ring substituents is 1. The summed E-state index contributed by atoms with van der Waals surface area (Å²) in [5.41, 5.74) is 5.43. The predicted molar refractivity (Wildman–Crippen MR) is 78.2 cm³/mol. The maximum atomic E-state index is 12.5. The number of nitro groups is 1. The van der Waals surface area contributed by atoms with Crippen LogP contribution < -0.4 is 5.73 Å². The molecule has 7 nitrogen and oxygen atoms in total. The van der Waals surface area contributed by atoms with Crippen molar-refractivity contribution >= 4 is 15.7 Å². The van der Waals surface area contributed by atoms with Crippen LogP contribution in [-0.2, 0) is 10.0 Å². The molecule has 1 aromatic rings. The highest BCUT2D eigenvalue weighted by Crippen LogP contribution is 2.30. The first-order valence-electron chi connectivity index (χ1n) is 6.81. The van der Waals surface area contributed by atoms with Crippen molar-refractivity contribution < 1.29 is 13.3 Å². The Morgan fingerprint density at radius 1 is 1.33 bits per heavy atom. The lowest BCUT2D eigenvalue weighted by atomic mass is 9.95. The van der Waals surface area contributed by atoms with E-state index in [-0.39, 0.29) is 22.4 Å². The molecule has 0 unspecified atom stereocenters. The van der Waals surface area contributed by atoms with Gasteiger partial charge in [0.1, 0.15) is 0 Å². The van der Waals surface area contributed by atoms with E-state index in [0.29, 0.717) is 19.6 Å². The van der Waals surface area contributed by atoms with Gasteiger partial charge in [-0.3, -0.25) is 10.1 Å². The standard InChI is InChI=1S/C13H19N3O4S/c1-10-8-15(9-11(10)6-7-14)21(19,20)13-4-2-12(3-5-13)16(17)18/h2-5,10-11H,6-9,14H2,1H3/t10-,11-/m1/s1. The number of benzene rings is 1. The lowest BCUT2D eigenvalue weighted by Gasteiger charge is -2.16. The molecule has 0 saturated carbocycles. The van der Waals surface area contributed by atoms with Gasteiger partial charge < -0.3 is 5.73 Å². The molecule has 0 bridgehead atoms. The molecule has 21 heavy (non-hydrogen) atoms. The van der Waals surface area contributed by atoms with Crippen molar-refractivity contribution in [1.82, 2.24) is 4.31 Å². The minimum Gasteiger partial charge on any atom is -0.330 e. The average molecular weight is 313 g/mol. The van der Waals surface area contributed by atoms with Crippen LogP contribution in [0.1, 0.15) is 13.3 Å². The summed E-state index contributed by atoms with van der Waals surface area (Å²) in [6, 6.07) is 5.00. The first kappa shape index (κ1) is 15.9. The van der Waals surface area contributed by atoms with E-state index in [1.165, 1.54) is 28.6 Å². The SMILES string of the molecule is C[C@@H]1CN(S(=O)(=O)c2ccc([N+](=O)[O-])cc2)C[C@H]1CCN. The number of hydrogen-bond acceptors (Lipinski definition) is 5. The fourth-order valence-electron chi connectivity index (χ4n) is 2.66. The summed E-state index contributed by atoms with van der Waals surface area (Å²) in [5.74, 6) is 0.532. The number of nitrogens with zero attached hydrogens (tertiary/aromatic N) is 2. The number of nitrogens with two attached hydrogens (primary N) is 1. The van der Waals surface area contributed by atoms with E-state index in [1.54, 1.807) is 0 Å². The molecular weight excluding hydrogens is 294 g/mol. The molecule has 1 aliphatic rings. The fraction of sp³-hybridized carbons (Fsp3) is 0.538. The Balaban J connectivity index is 2.20. The Hall–Kier alpha value is -1.51. The van der Waals surface area contributed by atoms with Gasteiger partial charge in [0.2, 0.25) is 10.0 Å². The minimum atomic E-state index is -3.60. The highest BCUT2D eigenvalue weighted by Gasteiger charge is 2.36. The van der Waals surface area contributed by atoms with E-state index < -0.39 is 14.9 Å². The van der Waals surface area contributed by atoms with E-state index in [2.05, 4.69) is 0 Å². The molecule has 1 aromatic carbocycles. The highest BCUT2D eigenvalue weighted by molar-refractivity contribution is 7.89. The molecule has 1 aliphatic heterocycles. The van der Waals surface area contributed by atoms with E-state index in [9.17, 15) is 18.5 Å². The second-order valence-corrected chi connectivity index (χ2v) is 7.33. The van der Waals surface area contributed by atoms with Gasteiger partial charge in [0.25, 0.3) is 5.69 Å². The van der Waals surface area contributed by atoms with Crippen molar-refractivity contribution in [2.45, 2.75) is 18.2 Å². The molecule has 116 valence electrons. The number of non-ortho nitro benzene ring substituents is 1. The van der Waals surface area contributed by atoms with Crippen molar-refractivity contribution in [3.8, 4) is 0 Å². The zero-order chi connectivity index (χ0) is 15.6. The van der Waals surface area contributed by atoms with Crippen molar-refractivity contribution in [1.29, 1.82) is 0 Å². The maximum Gasteiger partial charge on any atom is 0.269 e. The Bertz CT molecular complexity index is 615. The summed E-state index contributed by atoms with van der Waals surface area (Å²) < 4.78 is 26.5. The maximum absolute atomic E-state index is 12.5. The van der Waals surface area contributed by atoms with Gasteiger partial charge in [0, 0.05) is 25.2 Å². The molecule has 2 rings (SSSR count). The zero-order valence-corrected chi connectivity index (χ0v) is 12.6. The van der Waals surface area contributed by atoms with Gasteiger partial charge in [-0.2, -0.15) is 4.31 Å². The Morgan fingerprint density at radius 2 is 1.95 bits per heavy atom. The predicted octanol–water partition coefficient (Wildman–Crippen LogP) is 1.20. The molecule has 8 heteroatoms. The molecule has 0 aliphatic carbocycles. The molecule has 0 spiro atoms. The molecular formula is C13H19N3O4S. The van der Waals surface area contributed by atoms with Gasteiger partial charge in [-0.25, -0.2) is 8.42 Å². The molecule has 1 saturated heterocycles. The summed E-state index contributed by atoms with van der Waals surface area (Å²) in [7, 11) is -3.60. The van der Waals surface area contributed by atoms with Gasteiger partial charge >= 0.3 is 0 Å². The second kappa shape index (κ2) is 6.08. The molecule has 0 radical (unpaired) electrons. The van der Waals surface area contributed by atoms with Crippen molar-refractivity contribution in [3.05, 3.63) is 34.4 Å². The van der Waals surface area contributed by atoms with Crippen LogP contribution >= 0.6 is 0 Å². The highest BCUT2D eigenvalue weighted by atomic mass is 32.2. The third-order valence-electron chi connectivity index (χ3n) is 3.96. The van der Waals surface area contributed by atoms with Gasteiger partial charge in [-0.05, 0) is 36.9 Å². The Labute approximate surface area is 123 Å². The quantitative estimate of drug-likeness (QED) is 0.649. The van der Waals surface area contributed by atoms with Crippen molar-refractivity contribution in [2.75, 3.05) is 19.6 Å². The van der Waals surface area contributed by atoms with E-state index in [1.807, 2.05) is 6.92 Å². The first-order chi connectivity index (χ1) is 9.86. The summed E-state index contributed by atoms with van der Waals surface area (Å²) in [4.78, 5) is 10.2. The second-order valence-electron chi connectivity index (χ2n) is 5.39. The van der Waals surface area contributed by atoms with Crippen LogP contribution in [0.5, 0.6) is 0 Å². The molecule has 0 amide bonds. The smallest absolute Gasteiger partial charge is 0.269 e. The summed E-state index contributed by atoms with van der Waals surface area (Å²) in [6.07, 6.45) is 0.799. The lowest BCUT2D eigenvalue weighted by molar-refractivity contribution is -0.384. The van der Waals surface area contributed by atoms with Crippen LogP contribution in [0.4, 0.5) is 5.69 Å². The number of sulfonamides is 1. The van der Waals surface area contributed by atoms with E-state index in [0.717, 1.165) is 6.42 Å². The van der Waals surface area contributed by atoms with Gasteiger partial charge in [0.15, 0.2) is 0 Å². The van der Waals surface area contributed by atoms with Gasteiger partial charge in [-0.15, -0.1) is 0 Å². The summed E-state index contributed by atoms with van der Waals surface area (Å²) in [6.45, 7) is 3.48. The third-order valence-corrected chi connectivity index (χ3v) is 5.80. The fourth-order valence-corrected chi connectivity index (χ4v) is 4.26.